The van der Waals surface area contributed by atoms with Crippen LogP contribution in [0.25, 0.3) is 0 Å². The summed E-state index contributed by atoms with van der Waals surface area (Å²) in [6.07, 6.45) is 1.87. The maximum atomic E-state index is 11.0. The SMILES string of the molecule is CC(C)(O)Cc1cccnc1C(N)=O. The van der Waals surface area contributed by atoms with Gasteiger partial charge in [0.25, 0.3) is 5.91 Å². The van der Waals surface area contributed by atoms with Gasteiger partial charge in [0, 0.05) is 12.6 Å². The van der Waals surface area contributed by atoms with Gasteiger partial charge in [-0.1, -0.05) is 6.07 Å². The third-order valence-electron chi connectivity index (χ3n) is 1.75. The number of rotatable bonds is 3. The Kier molecular flexibility index (Phi) is 2.86. The topological polar surface area (TPSA) is 76.2 Å². The van der Waals surface area contributed by atoms with E-state index in [9.17, 15) is 9.90 Å². The number of hydrogen-bond acceptors (Lipinski definition) is 3. The number of nitrogens with two attached hydrogens (primary N) is 1. The summed E-state index contributed by atoms with van der Waals surface area (Å²) < 4.78 is 0. The minimum Gasteiger partial charge on any atom is -0.390 e. The molecule has 0 aliphatic heterocycles. The summed E-state index contributed by atoms with van der Waals surface area (Å²) in [7, 11) is 0. The fourth-order valence-electron chi connectivity index (χ4n) is 1.27. The molecule has 0 saturated carbocycles. The van der Waals surface area contributed by atoms with Crippen molar-refractivity contribution in [2.45, 2.75) is 25.9 Å². The molecule has 0 bridgehead atoms. The van der Waals surface area contributed by atoms with Crippen LogP contribution < -0.4 is 5.73 Å². The van der Waals surface area contributed by atoms with E-state index in [0.29, 0.717) is 12.0 Å². The molecule has 0 fully saturated rings. The highest BCUT2D eigenvalue weighted by Crippen LogP contribution is 2.14. The summed E-state index contributed by atoms with van der Waals surface area (Å²) in [5.74, 6) is -0.565. The van der Waals surface area contributed by atoms with Gasteiger partial charge in [-0.25, -0.2) is 0 Å². The third kappa shape index (κ3) is 2.81. The second-order valence-electron chi connectivity index (χ2n) is 3.86. The van der Waals surface area contributed by atoms with Gasteiger partial charge < -0.3 is 10.8 Å². The molecule has 0 radical (unpaired) electrons. The Morgan fingerprint density at radius 2 is 2.29 bits per heavy atom. The van der Waals surface area contributed by atoms with Crippen LogP contribution in [0.15, 0.2) is 18.3 Å². The van der Waals surface area contributed by atoms with E-state index in [1.807, 2.05) is 0 Å². The van der Waals surface area contributed by atoms with Gasteiger partial charge in [-0.2, -0.15) is 0 Å². The summed E-state index contributed by atoms with van der Waals surface area (Å²) in [5, 5.41) is 9.60. The molecule has 3 N–H and O–H groups in total. The Hall–Kier alpha value is -1.42. The van der Waals surface area contributed by atoms with Gasteiger partial charge in [0.1, 0.15) is 5.69 Å². The van der Waals surface area contributed by atoms with Crippen LogP contribution in [-0.4, -0.2) is 21.6 Å². The maximum absolute atomic E-state index is 11.0. The van der Waals surface area contributed by atoms with Crippen LogP contribution in [0.3, 0.4) is 0 Å². The van der Waals surface area contributed by atoms with Gasteiger partial charge in [-0.15, -0.1) is 0 Å². The fraction of sp³-hybridized carbons (Fsp3) is 0.400. The Bertz CT molecular complexity index is 342. The number of aliphatic hydroxyl groups is 1. The Balaban J connectivity index is 3.02. The van der Waals surface area contributed by atoms with Crippen molar-refractivity contribution in [1.29, 1.82) is 0 Å². The molecular formula is C10H14N2O2. The number of carbonyl (C=O) groups is 1. The molecule has 14 heavy (non-hydrogen) atoms. The van der Waals surface area contributed by atoms with Crippen molar-refractivity contribution < 1.29 is 9.90 Å². The smallest absolute Gasteiger partial charge is 0.267 e. The van der Waals surface area contributed by atoms with E-state index in [-0.39, 0.29) is 5.69 Å². The predicted molar refractivity (Wildman–Crippen MR) is 52.8 cm³/mol. The van der Waals surface area contributed by atoms with E-state index in [4.69, 9.17) is 5.73 Å². The number of carbonyl (C=O) groups excluding carboxylic acids is 1. The molecule has 0 saturated heterocycles. The van der Waals surface area contributed by atoms with Gasteiger partial charge in [0.15, 0.2) is 0 Å². The van der Waals surface area contributed by atoms with Crippen LogP contribution in [-0.2, 0) is 6.42 Å². The molecule has 4 heteroatoms. The second kappa shape index (κ2) is 3.75. The zero-order valence-corrected chi connectivity index (χ0v) is 8.32. The van der Waals surface area contributed by atoms with Gasteiger partial charge in [-0.3, -0.25) is 9.78 Å². The highest BCUT2D eigenvalue weighted by Gasteiger charge is 2.18. The lowest BCUT2D eigenvalue weighted by Gasteiger charge is -2.17. The van der Waals surface area contributed by atoms with Gasteiger partial charge in [0.05, 0.1) is 5.60 Å². The van der Waals surface area contributed by atoms with Crippen molar-refractivity contribution in [2.75, 3.05) is 0 Å². The summed E-state index contributed by atoms with van der Waals surface area (Å²) in [6, 6.07) is 3.46. The van der Waals surface area contributed by atoms with Crippen molar-refractivity contribution in [3.63, 3.8) is 0 Å². The van der Waals surface area contributed by atoms with Crippen LogP contribution in [0, 0.1) is 0 Å². The maximum Gasteiger partial charge on any atom is 0.267 e. The first-order chi connectivity index (χ1) is 6.40. The summed E-state index contributed by atoms with van der Waals surface area (Å²) in [6.45, 7) is 3.34. The third-order valence-corrected chi connectivity index (χ3v) is 1.75. The molecule has 1 aromatic heterocycles. The van der Waals surface area contributed by atoms with Crippen molar-refractivity contribution in [1.82, 2.24) is 4.98 Å². The lowest BCUT2D eigenvalue weighted by atomic mass is 9.97. The van der Waals surface area contributed by atoms with Gasteiger partial charge >= 0.3 is 0 Å². The molecule has 1 rings (SSSR count). The van der Waals surface area contributed by atoms with Crippen LogP contribution >= 0.6 is 0 Å². The molecule has 0 aliphatic rings. The number of nitrogens with zero attached hydrogens (tertiary/aromatic N) is 1. The van der Waals surface area contributed by atoms with Crippen LogP contribution in [0.5, 0.6) is 0 Å². The molecular weight excluding hydrogens is 180 g/mol. The number of amides is 1. The van der Waals surface area contributed by atoms with Crippen molar-refractivity contribution in [2.24, 2.45) is 5.73 Å². The van der Waals surface area contributed by atoms with Crippen molar-refractivity contribution >= 4 is 5.91 Å². The average molecular weight is 194 g/mol. The van der Waals surface area contributed by atoms with Crippen LogP contribution in [0.2, 0.25) is 0 Å². The summed E-state index contributed by atoms with van der Waals surface area (Å²) in [5.41, 5.74) is 5.19. The van der Waals surface area contributed by atoms with Crippen molar-refractivity contribution in [3.05, 3.63) is 29.6 Å². The zero-order chi connectivity index (χ0) is 10.8. The quantitative estimate of drug-likeness (QED) is 0.735. The minimum atomic E-state index is -0.868. The Labute approximate surface area is 82.8 Å². The highest BCUT2D eigenvalue weighted by molar-refractivity contribution is 5.92. The van der Waals surface area contributed by atoms with E-state index in [1.54, 1.807) is 26.0 Å². The molecule has 0 atom stereocenters. The first kappa shape index (κ1) is 10.7. The van der Waals surface area contributed by atoms with E-state index in [1.165, 1.54) is 6.20 Å². The average Bonchev–Trinajstić information content (AvgIpc) is 2.01. The van der Waals surface area contributed by atoms with E-state index < -0.39 is 11.5 Å². The van der Waals surface area contributed by atoms with Crippen molar-refractivity contribution in [3.8, 4) is 0 Å². The molecule has 4 nitrogen and oxygen atoms in total. The predicted octanol–water partition coefficient (Wildman–Crippen LogP) is 0.494. The number of aromatic nitrogens is 1. The van der Waals surface area contributed by atoms with E-state index >= 15 is 0 Å². The number of hydrogen-bond donors (Lipinski definition) is 2. The molecule has 0 aliphatic carbocycles. The summed E-state index contributed by atoms with van der Waals surface area (Å²) in [4.78, 5) is 14.9. The standard InChI is InChI=1S/C10H14N2O2/c1-10(2,14)6-7-4-3-5-12-8(7)9(11)13/h3-5,14H,6H2,1-2H3,(H2,11,13). The molecule has 0 spiro atoms. The van der Waals surface area contributed by atoms with E-state index in [2.05, 4.69) is 4.98 Å². The van der Waals surface area contributed by atoms with Crippen LogP contribution in [0.4, 0.5) is 0 Å². The number of primary amides is 1. The lowest BCUT2D eigenvalue weighted by Crippen LogP contribution is -2.25. The zero-order valence-electron chi connectivity index (χ0n) is 8.32. The molecule has 76 valence electrons. The summed E-state index contributed by atoms with van der Waals surface area (Å²) >= 11 is 0. The van der Waals surface area contributed by atoms with Crippen LogP contribution in [0.1, 0.15) is 29.9 Å². The Morgan fingerprint density at radius 1 is 1.64 bits per heavy atom. The van der Waals surface area contributed by atoms with Gasteiger partial charge in [0.2, 0.25) is 0 Å². The molecule has 1 aromatic rings. The van der Waals surface area contributed by atoms with E-state index in [0.717, 1.165) is 0 Å². The second-order valence-corrected chi connectivity index (χ2v) is 3.86. The fourth-order valence-corrected chi connectivity index (χ4v) is 1.27. The minimum absolute atomic E-state index is 0.231. The lowest BCUT2D eigenvalue weighted by molar-refractivity contribution is 0.0803. The monoisotopic (exact) mass is 194 g/mol. The highest BCUT2D eigenvalue weighted by atomic mass is 16.3. The molecule has 0 unspecified atom stereocenters. The first-order valence-corrected chi connectivity index (χ1v) is 4.36. The molecule has 1 amide bonds. The normalized spacial score (nSPS) is 11.4. The molecule has 1 heterocycles. The largest absolute Gasteiger partial charge is 0.390 e. The number of pyridine rings is 1. The van der Waals surface area contributed by atoms with Gasteiger partial charge in [-0.05, 0) is 25.5 Å². The Morgan fingerprint density at radius 3 is 2.79 bits per heavy atom. The molecule has 0 aromatic carbocycles. The first-order valence-electron chi connectivity index (χ1n) is 4.36.